The van der Waals surface area contributed by atoms with E-state index < -0.39 is 38.5 Å². The maximum atomic E-state index is 13.6. The highest BCUT2D eigenvalue weighted by Crippen LogP contribution is 2.43. The zero-order valence-electron chi connectivity index (χ0n) is 18.6. The molecule has 2 aromatic heterocycles. The van der Waals surface area contributed by atoms with Crippen LogP contribution in [0.1, 0.15) is 42.8 Å². The van der Waals surface area contributed by atoms with Crippen molar-refractivity contribution in [1.29, 1.82) is 0 Å². The lowest BCUT2D eigenvalue weighted by molar-refractivity contribution is -0.0436. The summed E-state index contributed by atoms with van der Waals surface area (Å²) >= 11 is 0. The summed E-state index contributed by atoms with van der Waals surface area (Å²) in [6.45, 7) is 3.89. The highest BCUT2D eigenvalue weighted by atomic mass is 32.2. The van der Waals surface area contributed by atoms with E-state index in [9.17, 15) is 30.8 Å². The zero-order chi connectivity index (χ0) is 25.1. The lowest BCUT2D eigenvalue weighted by Crippen LogP contribution is -2.31. The Kier molecular flexibility index (Phi) is 5.70. The molecule has 0 aliphatic heterocycles. The third kappa shape index (κ3) is 3.93. The topological polar surface area (TPSA) is 94.0 Å². The Balaban J connectivity index is 1.79. The van der Waals surface area contributed by atoms with Gasteiger partial charge in [0, 0.05) is 12.3 Å². The maximum absolute atomic E-state index is 13.6. The maximum Gasteiger partial charge on any atom is 0.501 e. The van der Waals surface area contributed by atoms with Gasteiger partial charge in [-0.1, -0.05) is 12.1 Å². The lowest BCUT2D eigenvalue weighted by atomic mass is 10.0. The number of fused-ring (bicyclic) bond motifs is 1. The van der Waals surface area contributed by atoms with Crippen LogP contribution < -0.4 is 10.9 Å². The first-order valence-electron chi connectivity index (χ1n) is 10.5. The second-order valence-corrected chi connectivity index (χ2v) is 10.5. The summed E-state index contributed by atoms with van der Waals surface area (Å²) in [4.78, 5) is 20.4. The molecule has 0 radical (unpaired) electrons. The predicted molar refractivity (Wildman–Crippen MR) is 118 cm³/mol. The summed E-state index contributed by atoms with van der Waals surface area (Å²) in [7, 11) is -5.53. The van der Waals surface area contributed by atoms with Crippen LogP contribution in [0.25, 0.3) is 10.9 Å². The van der Waals surface area contributed by atoms with E-state index in [1.165, 1.54) is 35.9 Å². The first-order valence-corrected chi connectivity index (χ1v) is 11.9. The number of sulfone groups is 1. The molecule has 0 spiro atoms. The fourth-order valence-corrected chi connectivity index (χ4v) is 5.11. The van der Waals surface area contributed by atoms with Crippen LogP contribution in [0.3, 0.4) is 0 Å². The van der Waals surface area contributed by atoms with Gasteiger partial charge in [0.15, 0.2) is 0 Å². The number of aromatic nitrogens is 3. The Morgan fingerprint density at radius 2 is 1.88 bits per heavy atom. The van der Waals surface area contributed by atoms with Crippen molar-refractivity contribution in [3.63, 3.8) is 0 Å². The predicted octanol–water partition coefficient (Wildman–Crippen LogP) is 4.33. The van der Waals surface area contributed by atoms with Crippen LogP contribution in [0.4, 0.5) is 23.4 Å². The molecule has 1 N–H and O–H groups in total. The summed E-state index contributed by atoms with van der Waals surface area (Å²) in [5.41, 5.74) is -6.07. The van der Waals surface area contributed by atoms with Crippen LogP contribution in [0.2, 0.25) is 0 Å². The second-order valence-electron chi connectivity index (χ2n) is 8.54. The molecule has 1 aliphatic carbocycles. The highest BCUT2D eigenvalue weighted by Gasteiger charge is 2.48. The first kappa shape index (κ1) is 24.1. The van der Waals surface area contributed by atoms with Gasteiger partial charge < -0.3 is 9.88 Å². The molecule has 7 nitrogen and oxygen atoms in total. The smallest absolute Gasteiger partial charge is 0.363 e. The Labute approximate surface area is 192 Å². The summed E-state index contributed by atoms with van der Waals surface area (Å²) in [6, 6.07) is 4.34. The Morgan fingerprint density at radius 1 is 1.21 bits per heavy atom. The fourth-order valence-electron chi connectivity index (χ4n) is 4.08. The van der Waals surface area contributed by atoms with E-state index in [2.05, 4.69) is 15.3 Å². The average molecular weight is 499 g/mol. The fraction of sp³-hybridized carbons (Fsp3) is 0.409. The van der Waals surface area contributed by atoms with E-state index in [1.54, 1.807) is 13.8 Å². The van der Waals surface area contributed by atoms with Gasteiger partial charge in [0.05, 0.1) is 27.4 Å². The van der Waals surface area contributed by atoms with Gasteiger partial charge in [-0.3, -0.25) is 4.79 Å². The molecule has 12 heteroatoms. The Morgan fingerprint density at radius 3 is 2.47 bits per heavy atom. The standard InChI is InChI=1S/C22H22F4N4O3S/c1-12-15(5-4-6-18(12)34(32,33)22(24,25)26)13(2)27-20-16-10-30(21(11-23)7-8-21)19(31)9-17(16)28-14(3)29-20/h4-6,9-10,13H,7-8,11H2,1-3H3,(H,27,28,29). The third-order valence-corrected chi connectivity index (χ3v) is 7.80. The number of nitrogens with zero attached hydrogens (tertiary/aromatic N) is 3. The number of benzene rings is 1. The van der Waals surface area contributed by atoms with Gasteiger partial charge in [0.2, 0.25) is 0 Å². The van der Waals surface area contributed by atoms with Gasteiger partial charge in [-0.25, -0.2) is 22.8 Å². The van der Waals surface area contributed by atoms with Gasteiger partial charge in [0.25, 0.3) is 15.4 Å². The quantitative estimate of drug-likeness (QED) is 0.509. The second kappa shape index (κ2) is 8.03. The molecule has 1 unspecified atom stereocenters. The van der Waals surface area contributed by atoms with Crippen molar-refractivity contribution in [2.45, 2.75) is 55.6 Å². The van der Waals surface area contributed by atoms with Gasteiger partial charge >= 0.3 is 5.51 Å². The molecule has 1 aromatic carbocycles. The van der Waals surface area contributed by atoms with E-state index in [4.69, 9.17) is 0 Å². The lowest BCUT2D eigenvalue weighted by Gasteiger charge is -2.21. The largest absolute Gasteiger partial charge is 0.501 e. The molecule has 1 aliphatic rings. The van der Waals surface area contributed by atoms with E-state index in [1.807, 2.05) is 0 Å². The number of aryl methyl sites for hydroxylation is 1. The third-order valence-electron chi connectivity index (χ3n) is 6.17. The highest BCUT2D eigenvalue weighted by molar-refractivity contribution is 7.92. The molecule has 3 aromatic rings. The van der Waals surface area contributed by atoms with Crippen molar-refractivity contribution in [3.8, 4) is 0 Å². The number of pyridine rings is 1. The molecule has 34 heavy (non-hydrogen) atoms. The SMILES string of the molecule is Cc1nc(NC(C)c2cccc(S(=O)(=O)C(F)(F)F)c2C)c2cn(C3(CF)CC3)c(=O)cc2n1. The molecule has 0 amide bonds. The molecular weight excluding hydrogens is 476 g/mol. The normalized spacial score (nSPS) is 16.4. The van der Waals surface area contributed by atoms with Crippen LogP contribution in [-0.4, -0.2) is 35.1 Å². The van der Waals surface area contributed by atoms with Gasteiger partial charge in [0.1, 0.15) is 18.3 Å². The van der Waals surface area contributed by atoms with Crippen molar-refractivity contribution >= 4 is 26.6 Å². The number of hydrogen-bond acceptors (Lipinski definition) is 6. The first-order chi connectivity index (χ1) is 15.8. The van der Waals surface area contributed by atoms with Crippen molar-refractivity contribution < 1.29 is 26.0 Å². The van der Waals surface area contributed by atoms with Crippen LogP contribution in [-0.2, 0) is 15.4 Å². The number of anilines is 1. The molecule has 4 rings (SSSR count). The van der Waals surface area contributed by atoms with Crippen molar-refractivity contribution in [1.82, 2.24) is 14.5 Å². The molecule has 0 bridgehead atoms. The number of halogens is 4. The van der Waals surface area contributed by atoms with Crippen molar-refractivity contribution in [3.05, 3.63) is 57.8 Å². The minimum Gasteiger partial charge on any atom is -0.363 e. The minimum atomic E-state index is -5.53. The summed E-state index contributed by atoms with van der Waals surface area (Å²) in [5, 5.41) is 3.54. The number of nitrogens with one attached hydrogen (secondary N) is 1. The van der Waals surface area contributed by atoms with Crippen molar-refractivity contribution in [2.75, 3.05) is 12.0 Å². The molecule has 1 saturated carbocycles. The average Bonchev–Trinajstić information content (AvgIpc) is 3.53. The molecule has 0 saturated heterocycles. The van der Waals surface area contributed by atoms with Crippen LogP contribution >= 0.6 is 0 Å². The Bertz CT molecular complexity index is 1450. The van der Waals surface area contributed by atoms with Gasteiger partial charge in [-0.15, -0.1) is 0 Å². The van der Waals surface area contributed by atoms with Crippen LogP contribution in [0.5, 0.6) is 0 Å². The number of rotatable bonds is 6. The van der Waals surface area contributed by atoms with Gasteiger partial charge in [-0.2, -0.15) is 13.2 Å². The van der Waals surface area contributed by atoms with E-state index >= 15 is 0 Å². The number of hydrogen-bond donors (Lipinski definition) is 1. The monoisotopic (exact) mass is 498 g/mol. The van der Waals surface area contributed by atoms with E-state index in [0.29, 0.717) is 41.0 Å². The molecular formula is C22H22F4N4O3S. The molecule has 1 fully saturated rings. The summed E-state index contributed by atoms with van der Waals surface area (Å²) in [6.07, 6.45) is 2.55. The summed E-state index contributed by atoms with van der Waals surface area (Å²) < 4.78 is 78.3. The van der Waals surface area contributed by atoms with Crippen molar-refractivity contribution in [2.24, 2.45) is 0 Å². The van der Waals surface area contributed by atoms with E-state index in [-0.39, 0.29) is 11.1 Å². The van der Waals surface area contributed by atoms with Gasteiger partial charge in [-0.05, 0) is 50.8 Å². The molecule has 182 valence electrons. The zero-order valence-corrected chi connectivity index (χ0v) is 19.4. The Hall–Kier alpha value is -3.02. The molecule has 2 heterocycles. The number of alkyl halides is 4. The molecule has 1 atom stereocenters. The van der Waals surface area contributed by atoms with Crippen LogP contribution in [0.15, 0.2) is 40.2 Å². The summed E-state index contributed by atoms with van der Waals surface area (Å²) in [5.74, 6) is 0.637. The minimum absolute atomic E-state index is 0.0406. The van der Waals surface area contributed by atoms with Crippen LogP contribution in [0, 0.1) is 13.8 Å². The van der Waals surface area contributed by atoms with E-state index in [0.717, 1.165) is 6.07 Å².